The van der Waals surface area contributed by atoms with Crippen molar-refractivity contribution in [1.82, 2.24) is 5.32 Å². The van der Waals surface area contributed by atoms with Crippen LogP contribution in [0.25, 0.3) is 0 Å². The number of hydrogen-bond acceptors (Lipinski definition) is 3. The molecule has 1 amide bonds. The second kappa shape index (κ2) is 6.00. The van der Waals surface area contributed by atoms with Crippen molar-refractivity contribution in [2.24, 2.45) is 5.73 Å². The van der Waals surface area contributed by atoms with E-state index >= 15 is 0 Å². The van der Waals surface area contributed by atoms with Gasteiger partial charge < -0.3 is 16.2 Å². The molecule has 4 nitrogen and oxygen atoms in total. The fourth-order valence-electron chi connectivity index (χ4n) is 1.08. The van der Waals surface area contributed by atoms with E-state index in [4.69, 9.17) is 5.73 Å². The normalized spacial score (nSPS) is 9.81. The van der Waals surface area contributed by atoms with Gasteiger partial charge in [-0.3, -0.25) is 4.79 Å². The van der Waals surface area contributed by atoms with Gasteiger partial charge in [0.1, 0.15) is 5.75 Å². The van der Waals surface area contributed by atoms with Crippen LogP contribution >= 0.6 is 34.8 Å². The number of amides is 1. The lowest BCUT2D eigenvalue weighted by molar-refractivity contribution is 0.0952. The third-order valence-electron chi connectivity index (χ3n) is 1.86. The highest BCUT2D eigenvalue weighted by Crippen LogP contribution is 2.19. The summed E-state index contributed by atoms with van der Waals surface area (Å²) in [5, 5.41) is 12.1. The van der Waals surface area contributed by atoms with Gasteiger partial charge in [0.15, 0.2) is 0 Å². The van der Waals surface area contributed by atoms with E-state index in [0.29, 0.717) is 18.0 Å². The summed E-state index contributed by atoms with van der Waals surface area (Å²) in [7, 11) is 0. The quantitative estimate of drug-likeness (QED) is 0.567. The number of nitrogens with one attached hydrogen (secondary N) is 1. The van der Waals surface area contributed by atoms with Gasteiger partial charge in [0.05, 0.1) is 10.6 Å². The van der Waals surface area contributed by atoms with E-state index in [1.54, 1.807) is 12.1 Å². The van der Waals surface area contributed by atoms with Gasteiger partial charge in [0, 0.05) is 16.5 Å². The Balaban J connectivity index is 2.65. The molecule has 0 aliphatic heterocycles. The lowest BCUT2D eigenvalue weighted by Crippen LogP contribution is -2.27. The Morgan fingerprint density at radius 3 is 2.88 bits per heavy atom. The molecule has 0 atom stereocenters. The first kappa shape index (κ1) is 13.2. The van der Waals surface area contributed by atoms with Crippen LogP contribution < -0.4 is 11.1 Å². The topological polar surface area (TPSA) is 75.3 Å². The first-order valence-corrected chi connectivity index (χ1v) is 6.04. The summed E-state index contributed by atoms with van der Waals surface area (Å²) in [6.45, 7) is 0.374. The number of phenolic OH excluding ortho intramolecular Hbond substituents is 1. The van der Waals surface area contributed by atoms with Crippen molar-refractivity contribution in [2.45, 2.75) is 6.42 Å². The van der Waals surface area contributed by atoms with E-state index in [9.17, 15) is 9.90 Å². The number of carbonyl (C=O) groups excluding carboxylic acids is 1. The van der Waals surface area contributed by atoms with Crippen LogP contribution in [-0.2, 0) is 0 Å². The van der Waals surface area contributed by atoms with Gasteiger partial charge in [-0.25, -0.2) is 0 Å². The maximum absolute atomic E-state index is 11.6. The van der Waals surface area contributed by atoms with Crippen molar-refractivity contribution in [3.63, 3.8) is 0 Å². The van der Waals surface area contributed by atoms with Gasteiger partial charge in [0.25, 0.3) is 5.91 Å². The molecular formula is C10H11IN2O2S. The van der Waals surface area contributed by atoms with Crippen molar-refractivity contribution in [3.05, 3.63) is 27.3 Å². The van der Waals surface area contributed by atoms with Crippen LogP contribution in [0.5, 0.6) is 5.75 Å². The Labute approximate surface area is 112 Å². The van der Waals surface area contributed by atoms with Gasteiger partial charge in [-0.1, -0.05) is 12.2 Å². The number of hydrogen-bond donors (Lipinski definition) is 3. The Hall–Kier alpha value is -0.890. The summed E-state index contributed by atoms with van der Waals surface area (Å²) in [4.78, 5) is 12.0. The molecule has 0 fully saturated rings. The monoisotopic (exact) mass is 350 g/mol. The number of aromatic hydroxyl groups is 1. The van der Waals surface area contributed by atoms with Crippen molar-refractivity contribution in [2.75, 3.05) is 6.54 Å². The SMILES string of the molecule is NC(=S)CCNC(=O)c1cc(I)ccc1O. The Kier molecular flexibility index (Phi) is 4.94. The molecule has 0 saturated carbocycles. The minimum Gasteiger partial charge on any atom is -0.507 e. The smallest absolute Gasteiger partial charge is 0.255 e. The van der Waals surface area contributed by atoms with Crippen LogP contribution in [0.4, 0.5) is 0 Å². The van der Waals surface area contributed by atoms with Gasteiger partial charge in [-0.05, 0) is 40.8 Å². The summed E-state index contributed by atoms with van der Waals surface area (Å²) in [6, 6.07) is 4.83. The third kappa shape index (κ3) is 3.93. The van der Waals surface area contributed by atoms with E-state index in [0.717, 1.165) is 3.57 Å². The number of thiocarbonyl (C=S) groups is 1. The molecule has 0 unspecified atom stereocenters. The molecule has 1 rings (SSSR count). The van der Waals surface area contributed by atoms with Crippen molar-refractivity contribution in [3.8, 4) is 5.75 Å². The first-order chi connectivity index (χ1) is 7.50. The van der Waals surface area contributed by atoms with Gasteiger partial charge >= 0.3 is 0 Å². The highest BCUT2D eigenvalue weighted by Gasteiger charge is 2.10. The second-order valence-electron chi connectivity index (χ2n) is 3.13. The van der Waals surface area contributed by atoms with Crippen LogP contribution in [0, 0.1) is 3.57 Å². The minimum atomic E-state index is -0.327. The highest BCUT2D eigenvalue weighted by atomic mass is 127. The Morgan fingerprint density at radius 2 is 2.25 bits per heavy atom. The minimum absolute atomic E-state index is 0.0340. The molecule has 0 aromatic heterocycles. The number of rotatable bonds is 4. The summed E-state index contributed by atoms with van der Waals surface area (Å²) < 4.78 is 0.884. The molecule has 6 heteroatoms. The zero-order chi connectivity index (χ0) is 12.1. The fourth-order valence-corrected chi connectivity index (χ4v) is 1.68. The molecule has 0 spiro atoms. The molecule has 0 saturated heterocycles. The lowest BCUT2D eigenvalue weighted by Gasteiger charge is -2.06. The van der Waals surface area contributed by atoms with Crippen molar-refractivity contribution < 1.29 is 9.90 Å². The van der Waals surface area contributed by atoms with E-state index < -0.39 is 0 Å². The highest BCUT2D eigenvalue weighted by molar-refractivity contribution is 14.1. The summed E-state index contributed by atoms with van der Waals surface area (Å²) in [5.41, 5.74) is 5.56. The summed E-state index contributed by atoms with van der Waals surface area (Å²) in [6.07, 6.45) is 0.450. The van der Waals surface area contributed by atoms with Gasteiger partial charge in [-0.2, -0.15) is 0 Å². The molecule has 0 aliphatic rings. The van der Waals surface area contributed by atoms with Crippen LogP contribution in [-0.4, -0.2) is 22.5 Å². The summed E-state index contributed by atoms with van der Waals surface area (Å²) >= 11 is 6.76. The maximum Gasteiger partial charge on any atom is 0.255 e. The molecular weight excluding hydrogens is 339 g/mol. The van der Waals surface area contributed by atoms with Crippen LogP contribution in [0.1, 0.15) is 16.8 Å². The first-order valence-electron chi connectivity index (χ1n) is 4.55. The zero-order valence-corrected chi connectivity index (χ0v) is 11.3. The predicted octanol–water partition coefficient (Wildman–Crippen LogP) is 1.40. The summed E-state index contributed by atoms with van der Waals surface area (Å²) in [5.74, 6) is -0.361. The van der Waals surface area contributed by atoms with E-state index in [1.807, 2.05) is 0 Å². The van der Waals surface area contributed by atoms with Crippen molar-refractivity contribution in [1.29, 1.82) is 0 Å². The third-order valence-corrected chi connectivity index (χ3v) is 2.74. The number of nitrogens with two attached hydrogens (primary N) is 1. The molecule has 0 heterocycles. The van der Waals surface area contributed by atoms with Gasteiger partial charge in [-0.15, -0.1) is 0 Å². The van der Waals surface area contributed by atoms with E-state index in [2.05, 4.69) is 40.1 Å². The standard InChI is InChI=1S/C10H11IN2O2S/c11-6-1-2-8(14)7(5-6)10(15)13-4-3-9(12)16/h1-2,5,14H,3-4H2,(H2,12,16)(H,13,15). The lowest BCUT2D eigenvalue weighted by atomic mass is 10.2. The Morgan fingerprint density at radius 1 is 1.56 bits per heavy atom. The average Bonchev–Trinajstić information content (AvgIpc) is 2.21. The largest absolute Gasteiger partial charge is 0.507 e. The number of benzene rings is 1. The maximum atomic E-state index is 11.6. The van der Waals surface area contributed by atoms with Crippen LogP contribution in [0.15, 0.2) is 18.2 Å². The number of phenols is 1. The van der Waals surface area contributed by atoms with E-state index in [-0.39, 0.29) is 17.2 Å². The predicted molar refractivity (Wildman–Crippen MR) is 74.6 cm³/mol. The van der Waals surface area contributed by atoms with Crippen LogP contribution in [0.2, 0.25) is 0 Å². The molecule has 86 valence electrons. The van der Waals surface area contributed by atoms with Gasteiger partial charge in [0.2, 0.25) is 0 Å². The molecule has 0 radical (unpaired) electrons. The Bertz CT molecular complexity index is 423. The molecule has 4 N–H and O–H groups in total. The van der Waals surface area contributed by atoms with Crippen molar-refractivity contribution >= 4 is 45.7 Å². The molecule has 1 aromatic carbocycles. The molecule has 16 heavy (non-hydrogen) atoms. The number of halogens is 1. The zero-order valence-electron chi connectivity index (χ0n) is 8.37. The average molecular weight is 350 g/mol. The van der Waals surface area contributed by atoms with Crippen LogP contribution in [0.3, 0.4) is 0 Å². The second-order valence-corrected chi connectivity index (χ2v) is 4.90. The molecule has 0 aliphatic carbocycles. The molecule has 0 bridgehead atoms. The number of carbonyl (C=O) groups is 1. The van der Waals surface area contributed by atoms with E-state index in [1.165, 1.54) is 6.07 Å². The molecule has 1 aromatic rings. The fraction of sp³-hybridized carbons (Fsp3) is 0.200.